The maximum absolute atomic E-state index is 11.9. The van der Waals surface area contributed by atoms with Crippen LogP contribution < -0.4 is 10.1 Å². The molecule has 0 radical (unpaired) electrons. The van der Waals surface area contributed by atoms with Crippen LogP contribution in [-0.2, 0) is 11.3 Å². The normalized spacial score (nSPS) is 11.4. The van der Waals surface area contributed by atoms with Crippen molar-refractivity contribution in [1.82, 2.24) is 5.32 Å². The minimum absolute atomic E-state index is 0.269. The number of hydrogen-bond donors (Lipinski definition) is 1. The van der Waals surface area contributed by atoms with Crippen LogP contribution in [0.25, 0.3) is 0 Å². The van der Waals surface area contributed by atoms with Crippen molar-refractivity contribution in [3.05, 3.63) is 54.0 Å². The highest BCUT2D eigenvalue weighted by molar-refractivity contribution is 5.80. The summed E-state index contributed by atoms with van der Waals surface area (Å²) in [6, 6.07) is 12.4. The van der Waals surface area contributed by atoms with Crippen molar-refractivity contribution in [2.75, 3.05) is 0 Å². The predicted octanol–water partition coefficient (Wildman–Crippen LogP) is 2.23. The average molecular weight is 270 g/mol. The second-order valence-electron chi connectivity index (χ2n) is 4.17. The Morgan fingerprint density at radius 2 is 2.20 bits per heavy atom. The van der Waals surface area contributed by atoms with Gasteiger partial charge in [0.05, 0.1) is 18.4 Å². The van der Waals surface area contributed by atoms with Gasteiger partial charge in [0.2, 0.25) is 0 Å². The molecule has 1 N–H and O–H groups in total. The van der Waals surface area contributed by atoms with Crippen molar-refractivity contribution in [2.45, 2.75) is 19.6 Å². The third-order valence-corrected chi connectivity index (χ3v) is 2.70. The molecule has 0 saturated heterocycles. The molecule has 1 aromatic heterocycles. The molecule has 0 aliphatic heterocycles. The molecule has 1 amide bonds. The van der Waals surface area contributed by atoms with Gasteiger partial charge in [0, 0.05) is 0 Å². The van der Waals surface area contributed by atoms with Gasteiger partial charge in [-0.25, -0.2) is 0 Å². The molecular weight excluding hydrogens is 256 g/mol. The summed E-state index contributed by atoms with van der Waals surface area (Å²) in [6.45, 7) is 1.94. The molecule has 0 aliphatic rings. The largest absolute Gasteiger partial charge is 0.480 e. The lowest BCUT2D eigenvalue weighted by Crippen LogP contribution is -2.35. The van der Waals surface area contributed by atoms with E-state index in [-0.39, 0.29) is 5.91 Å². The second kappa shape index (κ2) is 6.43. The lowest BCUT2D eigenvalue weighted by atomic mass is 10.2. The zero-order valence-electron chi connectivity index (χ0n) is 11.0. The molecular formula is C15H14N2O3. The summed E-state index contributed by atoms with van der Waals surface area (Å²) in [5.74, 6) is 0.799. The fourth-order valence-corrected chi connectivity index (χ4v) is 1.64. The number of rotatable bonds is 5. The Labute approximate surface area is 116 Å². The Morgan fingerprint density at radius 1 is 1.40 bits per heavy atom. The Kier molecular flexibility index (Phi) is 4.40. The Morgan fingerprint density at radius 3 is 2.90 bits per heavy atom. The Hall–Kier alpha value is -2.74. The number of carbonyl (C=O) groups is 1. The molecule has 1 heterocycles. The molecule has 1 aromatic carbocycles. The summed E-state index contributed by atoms with van der Waals surface area (Å²) in [5, 5.41) is 11.7. The third-order valence-electron chi connectivity index (χ3n) is 2.70. The zero-order chi connectivity index (χ0) is 14.4. The molecule has 0 spiro atoms. The van der Waals surface area contributed by atoms with Crippen molar-refractivity contribution in [1.29, 1.82) is 5.26 Å². The molecule has 5 nitrogen and oxygen atoms in total. The minimum atomic E-state index is -0.695. The number of amides is 1. The van der Waals surface area contributed by atoms with Gasteiger partial charge in [0.1, 0.15) is 17.6 Å². The Bertz CT molecular complexity index is 614. The predicted molar refractivity (Wildman–Crippen MR) is 71.8 cm³/mol. The summed E-state index contributed by atoms with van der Waals surface area (Å²) in [7, 11) is 0. The van der Waals surface area contributed by atoms with Crippen molar-refractivity contribution in [2.24, 2.45) is 0 Å². The van der Waals surface area contributed by atoms with Crippen molar-refractivity contribution >= 4 is 5.91 Å². The number of para-hydroxylation sites is 1. The SMILES string of the molecule is CC(Oc1ccccc1C#N)C(=O)NCc1ccco1. The van der Waals surface area contributed by atoms with Gasteiger partial charge in [-0.3, -0.25) is 4.79 Å². The fraction of sp³-hybridized carbons (Fsp3) is 0.200. The summed E-state index contributed by atoms with van der Waals surface area (Å²) >= 11 is 0. The van der Waals surface area contributed by atoms with E-state index in [0.29, 0.717) is 23.6 Å². The van der Waals surface area contributed by atoms with Crippen molar-refractivity contribution in [3.63, 3.8) is 0 Å². The quantitative estimate of drug-likeness (QED) is 0.904. The van der Waals surface area contributed by atoms with Crippen molar-refractivity contribution in [3.8, 4) is 11.8 Å². The van der Waals surface area contributed by atoms with Crippen LogP contribution in [-0.4, -0.2) is 12.0 Å². The lowest BCUT2D eigenvalue weighted by molar-refractivity contribution is -0.127. The van der Waals surface area contributed by atoms with Crippen LogP contribution in [0.2, 0.25) is 0 Å². The number of nitriles is 1. The maximum Gasteiger partial charge on any atom is 0.261 e. The van der Waals surface area contributed by atoms with Gasteiger partial charge < -0.3 is 14.5 Å². The standard InChI is InChI=1S/C15H14N2O3/c1-11(15(18)17-10-13-6-4-8-19-13)20-14-7-3-2-5-12(14)9-16/h2-8,11H,10H2,1H3,(H,17,18). The van der Waals surface area contributed by atoms with Gasteiger partial charge in [0.15, 0.2) is 6.10 Å². The highest BCUT2D eigenvalue weighted by atomic mass is 16.5. The summed E-state index contributed by atoms with van der Waals surface area (Å²) in [6.07, 6.45) is 0.851. The molecule has 0 bridgehead atoms. The van der Waals surface area contributed by atoms with Gasteiger partial charge in [-0.2, -0.15) is 5.26 Å². The van der Waals surface area contributed by atoms with E-state index in [4.69, 9.17) is 14.4 Å². The van der Waals surface area contributed by atoms with Crippen LogP contribution >= 0.6 is 0 Å². The van der Waals surface area contributed by atoms with Crippen LogP contribution in [0.1, 0.15) is 18.2 Å². The van der Waals surface area contributed by atoms with Crippen LogP contribution in [0.4, 0.5) is 0 Å². The number of carbonyl (C=O) groups excluding carboxylic acids is 1. The highest BCUT2D eigenvalue weighted by Crippen LogP contribution is 2.18. The summed E-state index contributed by atoms with van der Waals surface area (Å²) < 4.78 is 10.6. The number of furan rings is 1. The third kappa shape index (κ3) is 3.39. The first-order valence-corrected chi connectivity index (χ1v) is 6.16. The lowest BCUT2D eigenvalue weighted by Gasteiger charge is -2.15. The van der Waals surface area contributed by atoms with Crippen LogP contribution in [0, 0.1) is 11.3 Å². The fourth-order valence-electron chi connectivity index (χ4n) is 1.64. The average Bonchev–Trinajstić information content (AvgIpc) is 2.98. The van der Waals surface area contributed by atoms with Gasteiger partial charge in [-0.05, 0) is 31.2 Å². The zero-order valence-corrected chi connectivity index (χ0v) is 11.0. The summed E-state index contributed by atoms with van der Waals surface area (Å²) in [5.41, 5.74) is 0.401. The maximum atomic E-state index is 11.9. The smallest absolute Gasteiger partial charge is 0.261 e. The van der Waals surface area contributed by atoms with Crippen LogP contribution in [0.15, 0.2) is 47.1 Å². The first kappa shape index (κ1) is 13.7. The number of hydrogen-bond acceptors (Lipinski definition) is 4. The molecule has 0 saturated carbocycles. The molecule has 2 rings (SSSR count). The molecule has 102 valence electrons. The molecule has 0 fully saturated rings. The van der Waals surface area contributed by atoms with Crippen LogP contribution in [0.3, 0.4) is 0 Å². The molecule has 20 heavy (non-hydrogen) atoms. The van der Waals surface area contributed by atoms with Gasteiger partial charge >= 0.3 is 0 Å². The second-order valence-corrected chi connectivity index (χ2v) is 4.17. The van der Waals surface area contributed by atoms with Gasteiger partial charge in [-0.15, -0.1) is 0 Å². The topological polar surface area (TPSA) is 75.3 Å². The van der Waals surface area contributed by atoms with Crippen LogP contribution in [0.5, 0.6) is 5.75 Å². The molecule has 1 atom stereocenters. The van der Waals surface area contributed by atoms with Gasteiger partial charge in [-0.1, -0.05) is 12.1 Å². The summed E-state index contributed by atoms with van der Waals surface area (Å²) in [4.78, 5) is 11.9. The van der Waals surface area contributed by atoms with Gasteiger partial charge in [0.25, 0.3) is 5.91 Å². The monoisotopic (exact) mass is 270 g/mol. The van der Waals surface area contributed by atoms with E-state index in [1.54, 1.807) is 49.6 Å². The Balaban J connectivity index is 1.92. The number of benzene rings is 1. The van der Waals surface area contributed by atoms with Crippen molar-refractivity contribution < 1.29 is 13.9 Å². The van der Waals surface area contributed by atoms with E-state index in [1.165, 1.54) is 0 Å². The van der Waals surface area contributed by atoms with E-state index in [2.05, 4.69) is 5.32 Å². The molecule has 0 aliphatic carbocycles. The minimum Gasteiger partial charge on any atom is -0.480 e. The van der Waals surface area contributed by atoms with E-state index in [1.807, 2.05) is 6.07 Å². The highest BCUT2D eigenvalue weighted by Gasteiger charge is 2.16. The van der Waals surface area contributed by atoms with E-state index < -0.39 is 6.10 Å². The first-order chi connectivity index (χ1) is 9.70. The molecule has 2 aromatic rings. The number of nitrogens with one attached hydrogen (secondary N) is 1. The van der Waals surface area contributed by atoms with E-state index in [0.717, 1.165) is 0 Å². The first-order valence-electron chi connectivity index (χ1n) is 6.16. The number of nitrogens with zero attached hydrogens (tertiary/aromatic N) is 1. The van der Waals surface area contributed by atoms with E-state index >= 15 is 0 Å². The molecule has 5 heteroatoms. The molecule has 1 unspecified atom stereocenters. The number of ether oxygens (including phenoxy) is 1. The van der Waals surface area contributed by atoms with E-state index in [9.17, 15) is 4.79 Å².